The Bertz CT molecular complexity index is 573. The van der Waals surface area contributed by atoms with Crippen molar-refractivity contribution >= 4 is 15.7 Å². The molecule has 0 saturated carbocycles. The van der Waals surface area contributed by atoms with Crippen molar-refractivity contribution in [3.8, 4) is 0 Å². The number of hydrogen-bond acceptors (Lipinski definition) is 4. The van der Waals surface area contributed by atoms with Gasteiger partial charge in [-0.15, -0.1) is 0 Å². The van der Waals surface area contributed by atoms with E-state index in [0.717, 1.165) is 6.07 Å². The second-order valence-electron chi connectivity index (χ2n) is 4.31. The van der Waals surface area contributed by atoms with Crippen molar-refractivity contribution in [2.24, 2.45) is 0 Å². The number of amides is 1. The third-order valence-corrected chi connectivity index (χ3v) is 4.66. The van der Waals surface area contributed by atoms with Gasteiger partial charge < -0.3 is 4.90 Å². The highest BCUT2D eigenvalue weighted by Crippen LogP contribution is 2.14. The Hall–Kier alpha value is -1.50. The van der Waals surface area contributed by atoms with E-state index in [9.17, 15) is 17.6 Å². The first kappa shape index (κ1) is 12.9. The van der Waals surface area contributed by atoms with Crippen molar-refractivity contribution in [2.45, 2.75) is 13.0 Å². The molecule has 2 heterocycles. The molecular weight excluding hydrogens is 259 g/mol. The molecule has 1 saturated heterocycles. The van der Waals surface area contributed by atoms with Crippen molar-refractivity contribution in [3.05, 3.63) is 29.8 Å². The summed E-state index contributed by atoms with van der Waals surface area (Å²) >= 11 is 0. The van der Waals surface area contributed by atoms with E-state index >= 15 is 0 Å². The van der Waals surface area contributed by atoms with Crippen molar-refractivity contribution in [1.82, 2.24) is 9.88 Å². The van der Waals surface area contributed by atoms with Crippen LogP contribution in [-0.2, 0) is 9.84 Å². The average molecular weight is 272 g/mol. The molecule has 1 aliphatic rings. The van der Waals surface area contributed by atoms with E-state index in [1.54, 1.807) is 6.92 Å². The van der Waals surface area contributed by atoms with Crippen molar-refractivity contribution in [2.75, 3.05) is 18.1 Å². The lowest BCUT2D eigenvalue weighted by Crippen LogP contribution is -2.49. The maximum atomic E-state index is 12.9. The van der Waals surface area contributed by atoms with Crippen molar-refractivity contribution in [3.63, 3.8) is 0 Å². The molecule has 0 radical (unpaired) electrons. The fourth-order valence-corrected chi connectivity index (χ4v) is 3.53. The fourth-order valence-electron chi connectivity index (χ4n) is 1.97. The van der Waals surface area contributed by atoms with E-state index in [1.807, 2.05) is 0 Å². The first-order chi connectivity index (χ1) is 8.39. The zero-order chi connectivity index (χ0) is 13.3. The van der Waals surface area contributed by atoms with Crippen LogP contribution in [0.2, 0.25) is 0 Å². The van der Waals surface area contributed by atoms with Gasteiger partial charge in [-0.05, 0) is 19.1 Å². The van der Waals surface area contributed by atoms with E-state index in [4.69, 9.17) is 0 Å². The third-order valence-electron chi connectivity index (χ3n) is 2.87. The Morgan fingerprint density at radius 1 is 1.50 bits per heavy atom. The summed E-state index contributed by atoms with van der Waals surface area (Å²) in [6.45, 7) is 1.79. The summed E-state index contributed by atoms with van der Waals surface area (Å²) in [4.78, 5) is 17.0. The van der Waals surface area contributed by atoms with Crippen LogP contribution in [0.5, 0.6) is 0 Å². The maximum absolute atomic E-state index is 12.9. The number of hydrogen-bond donors (Lipinski definition) is 0. The maximum Gasteiger partial charge on any atom is 0.272 e. The molecule has 98 valence electrons. The normalized spacial score (nSPS) is 22.8. The van der Waals surface area contributed by atoms with Gasteiger partial charge in [-0.3, -0.25) is 4.79 Å². The molecule has 0 N–H and O–H groups in total. The summed E-state index contributed by atoms with van der Waals surface area (Å²) in [7, 11) is -3.08. The fraction of sp³-hybridized carbons (Fsp3) is 0.455. The average Bonchev–Trinajstić information content (AvgIpc) is 2.27. The van der Waals surface area contributed by atoms with Gasteiger partial charge in [0.05, 0.1) is 11.5 Å². The first-order valence-corrected chi connectivity index (χ1v) is 7.35. The predicted octanol–water partition coefficient (Wildman–Crippen LogP) is 0.480. The highest BCUT2D eigenvalue weighted by Gasteiger charge is 2.32. The minimum absolute atomic E-state index is 0.00106. The Morgan fingerprint density at radius 3 is 2.83 bits per heavy atom. The number of nitrogens with zero attached hydrogens (tertiary/aromatic N) is 2. The summed E-state index contributed by atoms with van der Waals surface area (Å²) in [5.41, 5.74) is 0.00106. The Balaban J connectivity index is 2.20. The van der Waals surface area contributed by atoms with Gasteiger partial charge in [0.15, 0.2) is 9.84 Å². The zero-order valence-corrected chi connectivity index (χ0v) is 10.7. The molecule has 1 atom stereocenters. The lowest BCUT2D eigenvalue weighted by molar-refractivity contribution is 0.0705. The van der Waals surface area contributed by atoms with Gasteiger partial charge >= 0.3 is 0 Å². The quantitative estimate of drug-likeness (QED) is 0.697. The molecule has 18 heavy (non-hydrogen) atoms. The summed E-state index contributed by atoms with van der Waals surface area (Å²) in [6, 6.07) is 3.56. The molecule has 7 heteroatoms. The van der Waals surface area contributed by atoms with Gasteiger partial charge in [0.2, 0.25) is 5.95 Å². The lowest BCUT2D eigenvalue weighted by atomic mass is 10.2. The molecule has 1 fully saturated rings. The van der Waals surface area contributed by atoms with Crippen LogP contribution in [0.1, 0.15) is 17.4 Å². The van der Waals surface area contributed by atoms with Gasteiger partial charge in [-0.25, -0.2) is 13.4 Å². The number of rotatable bonds is 1. The highest BCUT2D eigenvalue weighted by molar-refractivity contribution is 7.91. The number of carbonyl (C=O) groups is 1. The van der Waals surface area contributed by atoms with Crippen LogP contribution >= 0.6 is 0 Å². The van der Waals surface area contributed by atoms with Gasteiger partial charge in [0.25, 0.3) is 5.91 Å². The van der Waals surface area contributed by atoms with E-state index in [2.05, 4.69) is 4.98 Å². The zero-order valence-electron chi connectivity index (χ0n) is 9.84. The third kappa shape index (κ3) is 2.66. The summed E-state index contributed by atoms with van der Waals surface area (Å²) in [5.74, 6) is -1.28. The molecule has 0 spiro atoms. The topological polar surface area (TPSA) is 67.3 Å². The van der Waals surface area contributed by atoms with Crippen LogP contribution in [0.15, 0.2) is 18.2 Å². The number of aromatic nitrogens is 1. The van der Waals surface area contributed by atoms with Gasteiger partial charge in [0.1, 0.15) is 5.69 Å². The molecule has 0 bridgehead atoms. The molecular formula is C11H13FN2O3S. The van der Waals surface area contributed by atoms with E-state index in [-0.39, 0.29) is 23.7 Å². The number of pyridine rings is 1. The van der Waals surface area contributed by atoms with Crippen LogP contribution in [0.4, 0.5) is 4.39 Å². The molecule has 1 aromatic rings. The lowest BCUT2D eigenvalue weighted by Gasteiger charge is -2.32. The molecule has 1 unspecified atom stereocenters. The van der Waals surface area contributed by atoms with Gasteiger partial charge in [-0.1, -0.05) is 6.07 Å². The SMILES string of the molecule is CC1CS(=O)(=O)CCN1C(=O)c1cccc(F)n1. The Morgan fingerprint density at radius 2 is 2.22 bits per heavy atom. The molecule has 1 aliphatic heterocycles. The highest BCUT2D eigenvalue weighted by atomic mass is 32.2. The van der Waals surface area contributed by atoms with Crippen molar-refractivity contribution < 1.29 is 17.6 Å². The minimum Gasteiger partial charge on any atom is -0.333 e. The number of carbonyl (C=O) groups excluding carboxylic acids is 1. The molecule has 1 aromatic heterocycles. The van der Waals surface area contributed by atoms with Crippen LogP contribution in [0.3, 0.4) is 0 Å². The van der Waals surface area contributed by atoms with Gasteiger partial charge in [0, 0.05) is 12.6 Å². The largest absolute Gasteiger partial charge is 0.333 e. The van der Waals surface area contributed by atoms with Crippen LogP contribution in [0.25, 0.3) is 0 Å². The summed E-state index contributed by atoms with van der Waals surface area (Å²) < 4.78 is 35.7. The Kier molecular flexibility index (Phi) is 3.34. The second-order valence-corrected chi connectivity index (χ2v) is 6.54. The standard InChI is InChI=1S/C11H13FN2O3S/c1-8-7-18(16,17)6-5-14(8)11(15)9-3-2-4-10(12)13-9/h2-4,8H,5-7H2,1H3. The minimum atomic E-state index is -3.08. The Labute approximate surface area is 105 Å². The van der Waals surface area contributed by atoms with E-state index < -0.39 is 27.7 Å². The van der Waals surface area contributed by atoms with Gasteiger partial charge in [-0.2, -0.15) is 4.39 Å². The molecule has 1 amide bonds. The molecule has 5 nitrogen and oxygen atoms in total. The molecule has 0 aliphatic carbocycles. The first-order valence-electron chi connectivity index (χ1n) is 5.53. The number of sulfone groups is 1. The summed E-state index contributed by atoms with van der Waals surface area (Å²) in [6.07, 6.45) is 0. The second kappa shape index (κ2) is 4.64. The molecule has 0 aromatic carbocycles. The van der Waals surface area contributed by atoms with Crippen LogP contribution in [-0.4, -0.2) is 48.3 Å². The predicted molar refractivity (Wildman–Crippen MR) is 63.3 cm³/mol. The van der Waals surface area contributed by atoms with E-state index in [0.29, 0.717) is 0 Å². The van der Waals surface area contributed by atoms with E-state index in [1.165, 1.54) is 17.0 Å². The van der Waals surface area contributed by atoms with Crippen LogP contribution < -0.4 is 0 Å². The summed E-state index contributed by atoms with van der Waals surface area (Å²) in [5, 5.41) is 0. The smallest absolute Gasteiger partial charge is 0.272 e. The van der Waals surface area contributed by atoms with Crippen LogP contribution in [0, 0.1) is 5.95 Å². The monoisotopic (exact) mass is 272 g/mol. The molecule has 2 rings (SSSR count). The number of halogens is 1. The van der Waals surface area contributed by atoms with Crippen molar-refractivity contribution in [1.29, 1.82) is 0 Å².